The molecule has 110 valence electrons. The largest absolute Gasteiger partial charge is 0.444 e. The molecular weight excluding hydrogens is 246 g/mol. The number of likely N-dealkylation sites (tertiary alicyclic amines) is 1. The molecule has 2 fully saturated rings. The number of aliphatic hydroxyl groups excluding tert-OH is 1. The molecule has 1 atom stereocenters. The number of hydrogen-bond acceptors (Lipinski definition) is 4. The topological polar surface area (TPSA) is 59.0 Å². The summed E-state index contributed by atoms with van der Waals surface area (Å²) < 4.78 is 11.2. The van der Waals surface area contributed by atoms with Crippen LogP contribution in [0.5, 0.6) is 0 Å². The summed E-state index contributed by atoms with van der Waals surface area (Å²) in [6.45, 7) is 7.40. The van der Waals surface area contributed by atoms with Gasteiger partial charge in [0.25, 0.3) is 0 Å². The van der Waals surface area contributed by atoms with E-state index >= 15 is 0 Å². The molecule has 2 aliphatic heterocycles. The van der Waals surface area contributed by atoms with Crippen molar-refractivity contribution in [3.8, 4) is 0 Å². The highest BCUT2D eigenvalue weighted by Gasteiger charge is 2.40. The number of amides is 1. The first kappa shape index (κ1) is 14.6. The summed E-state index contributed by atoms with van der Waals surface area (Å²) in [5.41, 5.74) is -0.574. The number of aliphatic hydroxyl groups is 1. The molecule has 0 radical (unpaired) electrons. The van der Waals surface area contributed by atoms with Crippen LogP contribution in [0.4, 0.5) is 4.79 Å². The molecule has 5 nitrogen and oxygen atoms in total. The lowest BCUT2D eigenvalue weighted by molar-refractivity contribution is -0.145. The first-order valence-electron chi connectivity index (χ1n) is 7.10. The van der Waals surface area contributed by atoms with E-state index in [1.807, 2.05) is 20.8 Å². The van der Waals surface area contributed by atoms with E-state index in [2.05, 4.69) is 0 Å². The van der Waals surface area contributed by atoms with E-state index in [-0.39, 0.29) is 17.8 Å². The Bertz CT molecular complexity index is 319. The van der Waals surface area contributed by atoms with E-state index in [9.17, 15) is 9.90 Å². The van der Waals surface area contributed by atoms with Gasteiger partial charge in [-0.3, -0.25) is 0 Å². The standard InChI is InChI=1S/C14H25NO4/c1-13(2,3)19-12(17)15-8-6-14(7-9-15)5-4-11(16)10-18-14/h11,16H,4-10H2,1-3H3/t11-/m0/s1. The van der Waals surface area contributed by atoms with Crippen molar-refractivity contribution in [3.05, 3.63) is 0 Å². The van der Waals surface area contributed by atoms with Crippen LogP contribution < -0.4 is 0 Å². The molecule has 2 saturated heterocycles. The summed E-state index contributed by atoms with van der Waals surface area (Å²) in [6, 6.07) is 0. The van der Waals surface area contributed by atoms with Crippen molar-refractivity contribution >= 4 is 6.09 Å². The molecule has 1 amide bonds. The molecule has 2 aliphatic rings. The quantitative estimate of drug-likeness (QED) is 0.731. The third-order valence-corrected chi connectivity index (χ3v) is 3.84. The summed E-state index contributed by atoms with van der Waals surface area (Å²) in [4.78, 5) is 13.7. The number of carbonyl (C=O) groups excluding carboxylic acids is 1. The number of rotatable bonds is 0. The molecule has 0 saturated carbocycles. The molecule has 0 bridgehead atoms. The van der Waals surface area contributed by atoms with Crippen molar-refractivity contribution in [2.45, 2.75) is 63.8 Å². The van der Waals surface area contributed by atoms with Crippen molar-refractivity contribution < 1.29 is 19.4 Å². The number of hydrogen-bond donors (Lipinski definition) is 1. The van der Waals surface area contributed by atoms with Crippen LogP contribution in [0.25, 0.3) is 0 Å². The molecular formula is C14H25NO4. The average Bonchev–Trinajstić information content (AvgIpc) is 2.32. The highest BCUT2D eigenvalue weighted by Crippen LogP contribution is 2.35. The minimum absolute atomic E-state index is 0.127. The van der Waals surface area contributed by atoms with Gasteiger partial charge in [0.1, 0.15) is 5.60 Å². The number of ether oxygens (including phenoxy) is 2. The smallest absolute Gasteiger partial charge is 0.410 e. The lowest BCUT2D eigenvalue weighted by atomic mass is 9.84. The van der Waals surface area contributed by atoms with Crippen LogP contribution in [-0.4, -0.2) is 53.1 Å². The van der Waals surface area contributed by atoms with E-state index in [4.69, 9.17) is 9.47 Å². The molecule has 0 aliphatic carbocycles. The maximum absolute atomic E-state index is 12.0. The zero-order valence-corrected chi connectivity index (χ0v) is 12.1. The minimum Gasteiger partial charge on any atom is -0.444 e. The first-order chi connectivity index (χ1) is 8.80. The van der Waals surface area contributed by atoms with Crippen molar-refractivity contribution in [1.82, 2.24) is 4.90 Å². The van der Waals surface area contributed by atoms with Crippen molar-refractivity contribution in [3.63, 3.8) is 0 Å². The van der Waals surface area contributed by atoms with Gasteiger partial charge in [-0.1, -0.05) is 0 Å². The van der Waals surface area contributed by atoms with Crippen LogP contribution in [0.3, 0.4) is 0 Å². The SMILES string of the molecule is CC(C)(C)OC(=O)N1CCC2(CC[C@H](O)CO2)CC1. The zero-order chi connectivity index (χ0) is 14.1. The van der Waals surface area contributed by atoms with Crippen LogP contribution in [0.2, 0.25) is 0 Å². The molecule has 0 unspecified atom stereocenters. The zero-order valence-electron chi connectivity index (χ0n) is 12.1. The normalized spacial score (nSPS) is 27.4. The Hall–Kier alpha value is -0.810. The molecule has 19 heavy (non-hydrogen) atoms. The lowest BCUT2D eigenvalue weighted by Crippen LogP contribution is -2.51. The number of piperidine rings is 1. The maximum Gasteiger partial charge on any atom is 0.410 e. The Balaban J connectivity index is 1.84. The van der Waals surface area contributed by atoms with Gasteiger partial charge in [-0.25, -0.2) is 4.79 Å². The van der Waals surface area contributed by atoms with Gasteiger partial charge in [0.2, 0.25) is 0 Å². The monoisotopic (exact) mass is 271 g/mol. The van der Waals surface area contributed by atoms with Gasteiger partial charge >= 0.3 is 6.09 Å². The van der Waals surface area contributed by atoms with Crippen LogP contribution in [-0.2, 0) is 9.47 Å². The third kappa shape index (κ3) is 3.83. The van der Waals surface area contributed by atoms with Crippen molar-refractivity contribution in [2.24, 2.45) is 0 Å². The number of carbonyl (C=O) groups is 1. The highest BCUT2D eigenvalue weighted by molar-refractivity contribution is 5.68. The average molecular weight is 271 g/mol. The summed E-state index contributed by atoms with van der Waals surface area (Å²) >= 11 is 0. The fraction of sp³-hybridized carbons (Fsp3) is 0.929. The molecule has 0 aromatic rings. The van der Waals surface area contributed by atoms with E-state index in [1.165, 1.54) is 0 Å². The van der Waals surface area contributed by atoms with Crippen LogP contribution >= 0.6 is 0 Å². The van der Waals surface area contributed by atoms with E-state index < -0.39 is 5.60 Å². The van der Waals surface area contributed by atoms with E-state index in [0.29, 0.717) is 19.7 Å². The van der Waals surface area contributed by atoms with Gasteiger partial charge in [-0.05, 0) is 46.5 Å². The highest BCUT2D eigenvalue weighted by atomic mass is 16.6. The Kier molecular flexibility index (Phi) is 4.06. The first-order valence-corrected chi connectivity index (χ1v) is 7.10. The molecule has 2 rings (SSSR count). The maximum atomic E-state index is 12.0. The second kappa shape index (κ2) is 5.29. The van der Waals surface area contributed by atoms with Gasteiger partial charge in [0, 0.05) is 13.1 Å². The molecule has 1 spiro atoms. The molecule has 2 heterocycles. The third-order valence-electron chi connectivity index (χ3n) is 3.84. The van der Waals surface area contributed by atoms with Crippen LogP contribution in [0.15, 0.2) is 0 Å². The Labute approximate surface area is 114 Å². The van der Waals surface area contributed by atoms with Crippen molar-refractivity contribution in [1.29, 1.82) is 0 Å². The van der Waals surface area contributed by atoms with E-state index in [1.54, 1.807) is 4.90 Å². The predicted octanol–water partition coefficient (Wildman–Crippen LogP) is 1.93. The van der Waals surface area contributed by atoms with E-state index in [0.717, 1.165) is 25.7 Å². The van der Waals surface area contributed by atoms with Gasteiger partial charge in [0.15, 0.2) is 0 Å². The molecule has 5 heteroatoms. The lowest BCUT2D eigenvalue weighted by Gasteiger charge is -2.44. The second-order valence-corrected chi connectivity index (χ2v) is 6.65. The van der Waals surface area contributed by atoms with Gasteiger partial charge in [-0.2, -0.15) is 0 Å². The fourth-order valence-corrected chi connectivity index (χ4v) is 2.68. The van der Waals surface area contributed by atoms with Crippen LogP contribution in [0.1, 0.15) is 46.5 Å². The Morgan fingerprint density at radius 2 is 1.95 bits per heavy atom. The van der Waals surface area contributed by atoms with Gasteiger partial charge < -0.3 is 19.5 Å². The molecule has 0 aromatic heterocycles. The second-order valence-electron chi connectivity index (χ2n) is 6.65. The fourth-order valence-electron chi connectivity index (χ4n) is 2.68. The van der Waals surface area contributed by atoms with Crippen molar-refractivity contribution in [2.75, 3.05) is 19.7 Å². The Morgan fingerprint density at radius 1 is 1.32 bits per heavy atom. The minimum atomic E-state index is -0.447. The summed E-state index contributed by atoms with van der Waals surface area (Å²) in [6.07, 6.45) is 2.79. The van der Waals surface area contributed by atoms with Gasteiger partial charge in [-0.15, -0.1) is 0 Å². The Morgan fingerprint density at radius 3 is 2.42 bits per heavy atom. The summed E-state index contributed by atoms with van der Waals surface area (Å²) in [5.74, 6) is 0. The molecule has 1 N–H and O–H groups in total. The molecule has 0 aromatic carbocycles. The summed E-state index contributed by atoms with van der Waals surface area (Å²) in [7, 11) is 0. The number of nitrogens with zero attached hydrogens (tertiary/aromatic N) is 1. The van der Waals surface area contributed by atoms with Crippen LogP contribution in [0, 0.1) is 0 Å². The predicted molar refractivity (Wildman–Crippen MR) is 71.0 cm³/mol. The van der Waals surface area contributed by atoms with Gasteiger partial charge in [0.05, 0.1) is 18.3 Å². The summed E-state index contributed by atoms with van der Waals surface area (Å²) in [5, 5.41) is 9.48.